The molecule has 100 valence electrons. The van der Waals surface area contributed by atoms with Crippen molar-refractivity contribution < 1.29 is 19.4 Å². The van der Waals surface area contributed by atoms with Crippen molar-refractivity contribution in [2.45, 2.75) is 25.9 Å². The van der Waals surface area contributed by atoms with Gasteiger partial charge in [-0.15, -0.1) is 0 Å². The van der Waals surface area contributed by atoms with E-state index < -0.39 is 5.54 Å². The molecule has 0 saturated heterocycles. The lowest BCUT2D eigenvalue weighted by molar-refractivity contribution is -0.147. The smallest absolute Gasteiger partial charge is 0.325 e. The summed E-state index contributed by atoms with van der Waals surface area (Å²) in [6.07, 6.45) is 0. The number of hydrogen-bond donors (Lipinski definition) is 2. The van der Waals surface area contributed by atoms with Crippen LogP contribution in [-0.4, -0.2) is 30.8 Å². The number of hydrogen-bond acceptors (Lipinski definition) is 5. The maximum atomic E-state index is 11.5. The van der Waals surface area contributed by atoms with E-state index in [1.54, 1.807) is 32.0 Å². The summed E-state index contributed by atoms with van der Waals surface area (Å²) < 4.78 is 9.72. The minimum Gasteiger partial charge on any atom is -0.504 e. The Bertz CT molecular complexity index is 429. The molecule has 0 amide bonds. The highest BCUT2D eigenvalue weighted by molar-refractivity contribution is 5.79. The number of ether oxygens (including phenoxy) is 2. The van der Waals surface area contributed by atoms with E-state index >= 15 is 0 Å². The topological polar surface area (TPSA) is 67.8 Å². The van der Waals surface area contributed by atoms with E-state index in [2.05, 4.69) is 5.32 Å². The number of aromatic hydroxyl groups is 1. The molecule has 0 saturated carbocycles. The van der Waals surface area contributed by atoms with Crippen LogP contribution in [-0.2, 0) is 16.1 Å². The van der Waals surface area contributed by atoms with Crippen LogP contribution in [0, 0.1) is 0 Å². The first-order valence-electron chi connectivity index (χ1n) is 5.60. The lowest BCUT2D eigenvalue weighted by atomic mass is 10.1. The van der Waals surface area contributed by atoms with Crippen molar-refractivity contribution in [3.8, 4) is 11.5 Å². The Hall–Kier alpha value is -1.75. The average Bonchev–Trinajstić information content (AvgIpc) is 2.36. The fourth-order valence-corrected chi connectivity index (χ4v) is 1.48. The van der Waals surface area contributed by atoms with E-state index in [9.17, 15) is 9.90 Å². The second-order valence-electron chi connectivity index (χ2n) is 4.48. The number of nitrogens with one attached hydrogen (secondary N) is 1. The van der Waals surface area contributed by atoms with Gasteiger partial charge in [0, 0.05) is 6.54 Å². The maximum Gasteiger partial charge on any atom is 0.325 e. The van der Waals surface area contributed by atoms with Crippen LogP contribution in [0.25, 0.3) is 0 Å². The van der Waals surface area contributed by atoms with Gasteiger partial charge in [0.1, 0.15) is 5.54 Å². The highest BCUT2D eigenvalue weighted by atomic mass is 16.5. The predicted octanol–water partition coefficient (Wildman–Crippen LogP) is 1.44. The van der Waals surface area contributed by atoms with Crippen molar-refractivity contribution >= 4 is 5.97 Å². The van der Waals surface area contributed by atoms with E-state index in [-0.39, 0.29) is 11.7 Å². The Balaban J connectivity index is 2.72. The Morgan fingerprint density at radius 1 is 1.39 bits per heavy atom. The van der Waals surface area contributed by atoms with Crippen LogP contribution in [0.4, 0.5) is 0 Å². The molecule has 0 aromatic heterocycles. The normalized spacial score (nSPS) is 11.1. The first-order chi connectivity index (χ1) is 8.40. The molecule has 0 fully saturated rings. The predicted molar refractivity (Wildman–Crippen MR) is 67.6 cm³/mol. The summed E-state index contributed by atoms with van der Waals surface area (Å²) in [5.74, 6) is 0.173. The molecule has 0 heterocycles. The zero-order valence-electron chi connectivity index (χ0n) is 11.1. The Kier molecular flexibility index (Phi) is 4.55. The minimum atomic E-state index is -0.764. The van der Waals surface area contributed by atoms with Gasteiger partial charge < -0.3 is 14.6 Å². The molecule has 1 aromatic carbocycles. The van der Waals surface area contributed by atoms with Gasteiger partial charge in [0.2, 0.25) is 0 Å². The minimum absolute atomic E-state index is 0.0912. The van der Waals surface area contributed by atoms with Crippen molar-refractivity contribution in [3.05, 3.63) is 23.8 Å². The number of carbonyl (C=O) groups excluding carboxylic acids is 1. The van der Waals surface area contributed by atoms with Crippen molar-refractivity contribution in [1.82, 2.24) is 5.32 Å². The number of esters is 1. The number of carbonyl (C=O) groups is 1. The molecule has 5 nitrogen and oxygen atoms in total. The van der Waals surface area contributed by atoms with E-state index in [1.165, 1.54) is 14.2 Å². The monoisotopic (exact) mass is 253 g/mol. The largest absolute Gasteiger partial charge is 0.504 e. The molecule has 0 aliphatic carbocycles. The summed E-state index contributed by atoms with van der Waals surface area (Å²) in [7, 11) is 2.85. The molecule has 0 atom stereocenters. The van der Waals surface area contributed by atoms with Crippen molar-refractivity contribution in [2.24, 2.45) is 0 Å². The lowest BCUT2D eigenvalue weighted by Crippen LogP contribution is -2.46. The van der Waals surface area contributed by atoms with Gasteiger partial charge >= 0.3 is 5.97 Å². The van der Waals surface area contributed by atoms with Crippen LogP contribution < -0.4 is 10.1 Å². The van der Waals surface area contributed by atoms with Gasteiger partial charge in [0.05, 0.1) is 14.2 Å². The number of methoxy groups -OCH3 is 2. The lowest BCUT2D eigenvalue weighted by Gasteiger charge is -2.23. The van der Waals surface area contributed by atoms with Gasteiger partial charge in [-0.25, -0.2) is 0 Å². The summed E-state index contributed by atoms with van der Waals surface area (Å²) in [5, 5.41) is 12.6. The number of rotatable bonds is 5. The zero-order chi connectivity index (χ0) is 13.8. The molecule has 0 unspecified atom stereocenters. The van der Waals surface area contributed by atoms with Gasteiger partial charge in [0.25, 0.3) is 0 Å². The second kappa shape index (κ2) is 5.73. The molecular formula is C13H19NO4. The van der Waals surface area contributed by atoms with Crippen LogP contribution in [0.2, 0.25) is 0 Å². The van der Waals surface area contributed by atoms with Crippen LogP contribution in [0.1, 0.15) is 19.4 Å². The van der Waals surface area contributed by atoms with Gasteiger partial charge in [-0.3, -0.25) is 10.1 Å². The quantitative estimate of drug-likeness (QED) is 0.777. The van der Waals surface area contributed by atoms with Gasteiger partial charge in [-0.05, 0) is 31.5 Å². The summed E-state index contributed by atoms with van der Waals surface area (Å²) in [4.78, 5) is 11.5. The fourth-order valence-electron chi connectivity index (χ4n) is 1.48. The van der Waals surface area contributed by atoms with Crippen LogP contribution >= 0.6 is 0 Å². The van der Waals surface area contributed by atoms with Gasteiger partial charge in [0.15, 0.2) is 11.5 Å². The summed E-state index contributed by atoms with van der Waals surface area (Å²) >= 11 is 0. The summed E-state index contributed by atoms with van der Waals surface area (Å²) in [6, 6.07) is 5.04. The second-order valence-corrected chi connectivity index (χ2v) is 4.48. The fraction of sp³-hybridized carbons (Fsp3) is 0.462. The molecular weight excluding hydrogens is 234 g/mol. The van der Waals surface area contributed by atoms with E-state index in [0.717, 1.165) is 5.56 Å². The molecule has 1 rings (SSSR count). The first-order valence-corrected chi connectivity index (χ1v) is 5.60. The van der Waals surface area contributed by atoms with E-state index in [4.69, 9.17) is 9.47 Å². The molecule has 0 aliphatic rings. The SMILES string of the molecule is COC(=O)C(C)(C)NCc1ccc(O)c(OC)c1. The third-order valence-corrected chi connectivity index (χ3v) is 2.67. The Morgan fingerprint density at radius 3 is 2.61 bits per heavy atom. The maximum absolute atomic E-state index is 11.5. The Morgan fingerprint density at radius 2 is 2.06 bits per heavy atom. The van der Waals surface area contributed by atoms with E-state index in [0.29, 0.717) is 12.3 Å². The molecule has 0 bridgehead atoms. The highest BCUT2D eigenvalue weighted by Crippen LogP contribution is 2.26. The molecule has 0 radical (unpaired) electrons. The van der Waals surface area contributed by atoms with Crippen LogP contribution in [0.15, 0.2) is 18.2 Å². The van der Waals surface area contributed by atoms with E-state index in [1.807, 2.05) is 0 Å². The van der Waals surface area contributed by atoms with Gasteiger partial charge in [-0.1, -0.05) is 6.07 Å². The first kappa shape index (κ1) is 14.3. The third kappa shape index (κ3) is 3.37. The third-order valence-electron chi connectivity index (χ3n) is 2.67. The number of phenolic OH excluding ortho intramolecular Hbond substituents is 1. The number of phenols is 1. The highest BCUT2D eigenvalue weighted by Gasteiger charge is 2.27. The molecule has 18 heavy (non-hydrogen) atoms. The summed E-state index contributed by atoms with van der Waals surface area (Å²) in [5.41, 5.74) is 0.140. The average molecular weight is 253 g/mol. The number of benzene rings is 1. The van der Waals surface area contributed by atoms with Crippen LogP contribution in [0.3, 0.4) is 0 Å². The van der Waals surface area contributed by atoms with Gasteiger partial charge in [-0.2, -0.15) is 0 Å². The molecule has 1 aromatic rings. The molecule has 0 aliphatic heterocycles. The van der Waals surface area contributed by atoms with Crippen molar-refractivity contribution in [1.29, 1.82) is 0 Å². The van der Waals surface area contributed by atoms with Crippen LogP contribution in [0.5, 0.6) is 11.5 Å². The zero-order valence-corrected chi connectivity index (χ0v) is 11.1. The molecule has 5 heteroatoms. The summed E-state index contributed by atoms with van der Waals surface area (Å²) in [6.45, 7) is 3.96. The van der Waals surface area contributed by atoms with Crippen molar-refractivity contribution in [3.63, 3.8) is 0 Å². The molecule has 2 N–H and O–H groups in total. The molecule has 0 spiro atoms. The Labute approximate surface area is 107 Å². The standard InChI is InChI=1S/C13H19NO4/c1-13(2,12(16)18-4)14-8-9-5-6-10(15)11(7-9)17-3/h5-7,14-15H,8H2,1-4H3. The van der Waals surface area contributed by atoms with Crippen molar-refractivity contribution in [2.75, 3.05) is 14.2 Å².